The Hall–Kier alpha value is -1.57. The average Bonchev–Trinajstić information content (AvgIpc) is 2.62. The highest BCUT2D eigenvalue weighted by molar-refractivity contribution is 5.91. The molecule has 3 heterocycles. The third-order valence-corrected chi connectivity index (χ3v) is 4.64. The molecule has 0 radical (unpaired) electrons. The van der Waals surface area contributed by atoms with Crippen LogP contribution in [0.2, 0.25) is 0 Å². The van der Waals surface area contributed by atoms with Crippen LogP contribution < -0.4 is 5.32 Å². The maximum absolute atomic E-state index is 12.2. The van der Waals surface area contributed by atoms with Crippen molar-refractivity contribution < 1.29 is 14.3 Å². The zero-order valence-electron chi connectivity index (χ0n) is 13.4. The van der Waals surface area contributed by atoms with Gasteiger partial charge in [-0.1, -0.05) is 0 Å². The number of hydrogen-bond acceptors (Lipinski definition) is 6. The topological polar surface area (TPSA) is 76.6 Å². The molecule has 0 saturated carbocycles. The number of rotatable bonds is 5. The first-order valence-corrected chi connectivity index (χ1v) is 8.20. The number of morpholine rings is 1. The van der Waals surface area contributed by atoms with Crippen molar-refractivity contribution in [3.8, 4) is 0 Å². The minimum Gasteiger partial charge on any atom is -0.381 e. The SMILES string of the molecule is O=C(NCC1(CN2CCOCC2)CCOCC1)c1cnccn1. The van der Waals surface area contributed by atoms with Gasteiger partial charge < -0.3 is 14.8 Å². The molecule has 0 bridgehead atoms. The van der Waals surface area contributed by atoms with Crippen molar-refractivity contribution in [2.24, 2.45) is 5.41 Å². The Bertz CT molecular complexity index is 499. The summed E-state index contributed by atoms with van der Waals surface area (Å²) in [7, 11) is 0. The minimum atomic E-state index is -0.161. The Morgan fingerprint density at radius 1 is 1.17 bits per heavy atom. The maximum atomic E-state index is 12.2. The van der Waals surface area contributed by atoms with Crippen LogP contribution >= 0.6 is 0 Å². The number of nitrogens with zero attached hydrogens (tertiary/aromatic N) is 3. The molecule has 2 fully saturated rings. The molecule has 1 aromatic heterocycles. The third-order valence-electron chi connectivity index (χ3n) is 4.64. The molecule has 126 valence electrons. The summed E-state index contributed by atoms with van der Waals surface area (Å²) < 4.78 is 11.0. The molecule has 23 heavy (non-hydrogen) atoms. The van der Waals surface area contributed by atoms with Crippen molar-refractivity contribution in [2.45, 2.75) is 12.8 Å². The van der Waals surface area contributed by atoms with Crippen molar-refractivity contribution >= 4 is 5.91 Å². The molecule has 7 heteroatoms. The summed E-state index contributed by atoms with van der Waals surface area (Å²) in [6, 6.07) is 0. The van der Waals surface area contributed by atoms with E-state index in [0.717, 1.165) is 58.9 Å². The van der Waals surface area contributed by atoms with Crippen molar-refractivity contribution in [3.63, 3.8) is 0 Å². The second kappa shape index (κ2) is 7.81. The number of ether oxygens (including phenoxy) is 2. The van der Waals surface area contributed by atoms with Gasteiger partial charge in [-0.3, -0.25) is 14.7 Å². The molecule has 3 rings (SSSR count). The molecule has 1 N–H and O–H groups in total. The number of hydrogen-bond donors (Lipinski definition) is 1. The monoisotopic (exact) mass is 320 g/mol. The highest BCUT2D eigenvalue weighted by atomic mass is 16.5. The first-order valence-electron chi connectivity index (χ1n) is 8.20. The average molecular weight is 320 g/mol. The fourth-order valence-electron chi connectivity index (χ4n) is 3.20. The second-order valence-electron chi connectivity index (χ2n) is 6.27. The van der Waals surface area contributed by atoms with E-state index < -0.39 is 0 Å². The highest BCUT2D eigenvalue weighted by Crippen LogP contribution is 2.31. The van der Waals surface area contributed by atoms with Crippen molar-refractivity contribution in [2.75, 3.05) is 52.6 Å². The Labute approximate surface area is 136 Å². The zero-order chi connectivity index (χ0) is 16.0. The van der Waals surface area contributed by atoms with Gasteiger partial charge in [-0.2, -0.15) is 0 Å². The lowest BCUT2D eigenvalue weighted by Gasteiger charge is -2.42. The Morgan fingerprint density at radius 2 is 1.91 bits per heavy atom. The molecule has 2 saturated heterocycles. The van der Waals surface area contributed by atoms with Crippen LogP contribution in [0.5, 0.6) is 0 Å². The lowest BCUT2D eigenvalue weighted by molar-refractivity contribution is -0.0283. The normalized spacial score (nSPS) is 21.7. The van der Waals surface area contributed by atoms with Gasteiger partial charge in [-0.25, -0.2) is 4.98 Å². The Balaban J connectivity index is 1.60. The molecule has 0 aromatic carbocycles. The fraction of sp³-hybridized carbons (Fsp3) is 0.688. The fourth-order valence-corrected chi connectivity index (χ4v) is 3.20. The lowest BCUT2D eigenvalue weighted by atomic mass is 9.79. The summed E-state index contributed by atoms with van der Waals surface area (Å²) in [5.41, 5.74) is 0.425. The number of carbonyl (C=O) groups is 1. The number of amides is 1. The van der Waals surface area contributed by atoms with Gasteiger partial charge in [0, 0.05) is 57.2 Å². The Morgan fingerprint density at radius 3 is 2.61 bits per heavy atom. The zero-order valence-corrected chi connectivity index (χ0v) is 13.4. The van der Waals surface area contributed by atoms with E-state index >= 15 is 0 Å². The van der Waals surface area contributed by atoms with E-state index in [1.165, 1.54) is 12.4 Å². The van der Waals surface area contributed by atoms with E-state index in [1.807, 2.05) is 0 Å². The van der Waals surface area contributed by atoms with Gasteiger partial charge in [0.1, 0.15) is 5.69 Å². The number of carbonyl (C=O) groups excluding carboxylic acids is 1. The molecule has 1 aromatic rings. The molecular weight excluding hydrogens is 296 g/mol. The number of aromatic nitrogens is 2. The van der Waals surface area contributed by atoms with Crippen LogP contribution in [-0.4, -0.2) is 73.4 Å². The van der Waals surface area contributed by atoms with Gasteiger partial charge in [0.25, 0.3) is 5.91 Å². The van der Waals surface area contributed by atoms with E-state index in [9.17, 15) is 4.79 Å². The van der Waals surface area contributed by atoms with Crippen LogP contribution in [0.25, 0.3) is 0 Å². The molecule has 2 aliphatic heterocycles. The van der Waals surface area contributed by atoms with Gasteiger partial charge in [-0.05, 0) is 12.8 Å². The summed E-state index contributed by atoms with van der Waals surface area (Å²) in [6.07, 6.45) is 6.52. The largest absolute Gasteiger partial charge is 0.381 e. The molecule has 0 spiro atoms. The van der Waals surface area contributed by atoms with Gasteiger partial charge in [0.05, 0.1) is 19.4 Å². The third kappa shape index (κ3) is 4.46. The molecule has 7 nitrogen and oxygen atoms in total. The van der Waals surface area contributed by atoms with Gasteiger partial charge in [0.15, 0.2) is 0 Å². The summed E-state index contributed by atoms with van der Waals surface area (Å²) in [5.74, 6) is -0.161. The first kappa shape index (κ1) is 16.3. The first-order chi connectivity index (χ1) is 11.3. The quantitative estimate of drug-likeness (QED) is 0.843. The highest BCUT2D eigenvalue weighted by Gasteiger charge is 2.35. The molecule has 0 atom stereocenters. The number of nitrogens with one attached hydrogen (secondary N) is 1. The molecule has 2 aliphatic rings. The van der Waals surface area contributed by atoms with Crippen LogP contribution in [0.15, 0.2) is 18.6 Å². The molecule has 1 amide bonds. The van der Waals surface area contributed by atoms with Crippen molar-refractivity contribution in [3.05, 3.63) is 24.3 Å². The lowest BCUT2D eigenvalue weighted by Crippen LogP contribution is -2.50. The van der Waals surface area contributed by atoms with Crippen LogP contribution in [0.1, 0.15) is 23.3 Å². The van der Waals surface area contributed by atoms with Crippen LogP contribution in [0, 0.1) is 5.41 Å². The Kier molecular flexibility index (Phi) is 5.53. The van der Waals surface area contributed by atoms with Crippen molar-refractivity contribution in [1.82, 2.24) is 20.2 Å². The summed E-state index contributed by atoms with van der Waals surface area (Å²) in [5, 5.41) is 3.04. The van der Waals surface area contributed by atoms with Crippen molar-refractivity contribution in [1.29, 1.82) is 0 Å². The van der Waals surface area contributed by atoms with E-state index in [2.05, 4.69) is 20.2 Å². The van der Waals surface area contributed by atoms with E-state index in [1.54, 1.807) is 6.20 Å². The van der Waals surface area contributed by atoms with E-state index in [0.29, 0.717) is 12.2 Å². The summed E-state index contributed by atoms with van der Waals surface area (Å²) in [6.45, 7) is 6.62. The second-order valence-corrected chi connectivity index (χ2v) is 6.27. The van der Waals surface area contributed by atoms with Gasteiger partial charge in [0.2, 0.25) is 0 Å². The molecule has 0 aliphatic carbocycles. The minimum absolute atomic E-state index is 0.0630. The van der Waals surface area contributed by atoms with E-state index in [4.69, 9.17) is 9.47 Å². The smallest absolute Gasteiger partial charge is 0.271 e. The predicted molar refractivity (Wildman–Crippen MR) is 84.1 cm³/mol. The van der Waals surface area contributed by atoms with Crippen LogP contribution in [-0.2, 0) is 9.47 Å². The van der Waals surface area contributed by atoms with Crippen LogP contribution in [0.4, 0.5) is 0 Å². The van der Waals surface area contributed by atoms with Gasteiger partial charge >= 0.3 is 0 Å². The molecule has 0 unspecified atom stereocenters. The summed E-state index contributed by atoms with van der Waals surface area (Å²) in [4.78, 5) is 22.7. The maximum Gasteiger partial charge on any atom is 0.271 e. The van der Waals surface area contributed by atoms with Gasteiger partial charge in [-0.15, -0.1) is 0 Å². The van der Waals surface area contributed by atoms with E-state index in [-0.39, 0.29) is 11.3 Å². The molecular formula is C16H24N4O3. The van der Waals surface area contributed by atoms with Crippen LogP contribution in [0.3, 0.4) is 0 Å². The predicted octanol–water partition coefficient (Wildman–Crippen LogP) is 0.335. The standard InChI is InChI=1S/C16H24N4O3/c21-15(14-11-17-3-4-18-14)19-12-16(1-7-22-8-2-16)13-20-5-9-23-10-6-20/h3-4,11H,1-2,5-10,12-13H2,(H,19,21). The summed E-state index contributed by atoms with van der Waals surface area (Å²) >= 11 is 0.